The van der Waals surface area contributed by atoms with Crippen molar-refractivity contribution in [3.8, 4) is 0 Å². The predicted octanol–water partition coefficient (Wildman–Crippen LogP) is -1.59. The fourth-order valence-electron chi connectivity index (χ4n) is 3.80. The summed E-state index contributed by atoms with van der Waals surface area (Å²) in [7, 11) is 0. The van der Waals surface area contributed by atoms with Crippen LogP contribution in [0.1, 0.15) is 23.9 Å². The van der Waals surface area contributed by atoms with E-state index < -0.39 is 54.0 Å². The second kappa shape index (κ2) is 13.8. The Bertz CT molecular complexity index is 1220. The number of nitrogens with two attached hydrogens (primary N) is 1. The Balaban J connectivity index is 1.71. The molecule has 208 valence electrons. The number of carboxylic acids is 1. The van der Waals surface area contributed by atoms with Crippen molar-refractivity contribution in [2.45, 2.75) is 56.5 Å². The van der Waals surface area contributed by atoms with E-state index in [9.17, 15) is 29.4 Å². The lowest BCUT2D eigenvalue weighted by molar-refractivity contribution is -0.142. The zero-order valence-corrected chi connectivity index (χ0v) is 21.2. The first-order valence-corrected chi connectivity index (χ1v) is 12.2. The topological polar surface area (TPSA) is 228 Å². The molecule has 0 radical (unpaired) electrons. The Morgan fingerprint density at radius 1 is 0.846 bits per heavy atom. The van der Waals surface area contributed by atoms with Gasteiger partial charge in [0.25, 0.3) is 0 Å². The lowest BCUT2D eigenvalue weighted by Gasteiger charge is -2.26. The van der Waals surface area contributed by atoms with Crippen molar-refractivity contribution in [2.24, 2.45) is 5.73 Å². The average Bonchev–Trinajstić information content (AvgIpc) is 3.61. The minimum Gasteiger partial charge on any atom is -0.480 e. The fraction of sp³-hybridized carbons (Fsp3) is 0.360. The molecule has 5 atom stereocenters. The number of carbonyl (C=O) groups excluding carboxylic acids is 3. The third kappa shape index (κ3) is 8.76. The summed E-state index contributed by atoms with van der Waals surface area (Å²) < 4.78 is 0. The zero-order valence-electron chi connectivity index (χ0n) is 21.2. The Morgan fingerprint density at radius 3 is 1.92 bits per heavy atom. The van der Waals surface area contributed by atoms with Gasteiger partial charge in [-0.05, 0) is 18.9 Å². The van der Waals surface area contributed by atoms with Crippen LogP contribution in [0.2, 0.25) is 0 Å². The molecule has 0 aliphatic heterocycles. The van der Waals surface area contributed by atoms with E-state index in [4.69, 9.17) is 5.73 Å². The predicted molar refractivity (Wildman–Crippen MR) is 138 cm³/mol. The lowest BCUT2D eigenvalue weighted by Crippen LogP contribution is -2.60. The van der Waals surface area contributed by atoms with E-state index >= 15 is 0 Å². The maximum Gasteiger partial charge on any atom is 0.326 e. The SMILES string of the molecule is CC(O)C(NC(=O)C(N)Cc1ccccc1)C(=O)NC(Cc1cnc[nH]1)C(=O)NC(Cc1cnc[nH]1)C(=O)O. The highest BCUT2D eigenvalue weighted by Crippen LogP contribution is 2.06. The number of aliphatic carboxylic acids is 1. The molecule has 2 aromatic heterocycles. The van der Waals surface area contributed by atoms with Crippen LogP contribution in [-0.2, 0) is 38.4 Å². The van der Waals surface area contributed by atoms with Crippen molar-refractivity contribution >= 4 is 23.7 Å². The Labute approximate surface area is 223 Å². The van der Waals surface area contributed by atoms with Crippen molar-refractivity contribution in [2.75, 3.05) is 0 Å². The molecule has 3 amide bonds. The number of aliphatic hydroxyl groups is 1. The number of hydrogen-bond acceptors (Lipinski definition) is 8. The molecule has 0 spiro atoms. The molecule has 14 nitrogen and oxygen atoms in total. The Morgan fingerprint density at radius 2 is 1.41 bits per heavy atom. The summed E-state index contributed by atoms with van der Waals surface area (Å²) in [5, 5.41) is 27.2. The Hall–Kier alpha value is -4.56. The molecule has 0 aliphatic rings. The first kappa shape index (κ1) is 29.0. The van der Waals surface area contributed by atoms with Crippen LogP contribution < -0.4 is 21.7 Å². The van der Waals surface area contributed by atoms with Crippen LogP contribution in [-0.4, -0.2) is 84.1 Å². The summed E-state index contributed by atoms with van der Waals surface area (Å²) in [4.78, 5) is 64.2. The van der Waals surface area contributed by atoms with Gasteiger partial charge < -0.3 is 41.9 Å². The number of imidazole rings is 2. The molecule has 39 heavy (non-hydrogen) atoms. The third-order valence-corrected chi connectivity index (χ3v) is 5.90. The Kier molecular flexibility index (Phi) is 10.3. The number of nitrogens with zero attached hydrogens (tertiary/aromatic N) is 2. The van der Waals surface area contributed by atoms with Crippen LogP contribution in [0.3, 0.4) is 0 Å². The number of aromatic amines is 2. The highest BCUT2D eigenvalue weighted by molar-refractivity contribution is 5.94. The summed E-state index contributed by atoms with van der Waals surface area (Å²) in [6, 6.07) is 4.04. The largest absolute Gasteiger partial charge is 0.480 e. The van der Waals surface area contributed by atoms with Gasteiger partial charge in [-0.25, -0.2) is 14.8 Å². The van der Waals surface area contributed by atoms with Crippen LogP contribution in [0.4, 0.5) is 0 Å². The van der Waals surface area contributed by atoms with Gasteiger partial charge >= 0.3 is 5.97 Å². The zero-order chi connectivity index (χ0) is 28.4. The number of nitrogens with one attached hydrogen (secondary N) is 5. The molecule has 3 rings (SSSR count). The maximum absolute atomic E-state index is 13.2. The van der Waals surface area contributed by atoms with E-state index in [0.717, 1.165) is 5.56 Å². The van der Waals surface area contributed by atoms with Gasteiger partial charge in [-0.15, -0.1) is 0 Å². The van der Waals surface area contributed by atoms with Gasteiger partial charge in [-0.1, -0.05) is 30.3 Å². The number of H-pyrrole nitrogens is 2. The molecule has 0 saturated carbocycles. The molecule has 14 heteroatoms. The summed E-state index contributed by atoms with van der Waals surface area (Å²) in [5.74, 6) is -3.60. The van der Waals surface area contributed by atoms with Crippen molar-refractivity contribution < 1.29 is 29.4 Å². The minimum atomic E-state index is -1.43. The molecule has 9 N–H and O–H groups in total. The van der Waals surface area contributed by atoms with E-state index in [1.807, 2.05) is 6.07 Å². The van der Waals surface area contributed by atoms with Gasteiger partial charge in [0, 0.05) is 36.6 Å². The van der Waals surface area contributed by atoms with Crippen LogP contribution in [0.25, 0.3) is 0 Å². The number of carbonyl (C=O) groups is 4. The number of aromatic nitrogens is 4. The van der Waals surface area contributed by atoms with Gasteiger partial charge in [-0.2, -0.15) is 0 Å². The van der Waals surface area contributed by atoms with E-state index in [2.05, 4.69) is 35.9 Å². The van der Waals surface area contributed by atoms with E-state index in [1.165, 1.54) is 32.0 Å². The van der Waals surface area contributed by atoms with Crippen molar-refractivity contribution in [1.29, 1.82) is 0 Å². The van der Waals surface area contributed by atoms with Crippen molar-refractivity contribution in [3.63, 3.8) is 0 Å². The minimum absolute atomic E-state index is 0.0675. The molecule has 0 bridgehead atoms. The number of rotatable bonds is 14. The fourth-order valence-corrected chi connectivity index (χ4v) is 3.80. The molecule has 1 aromatic carbocycles. The van der Waals surface area contributed by atoms with Gasteiger partial charge in [0.2, 0.25) is 17.7 Å². The summed E-state index contributed by atoms with van der Waals surface area (Å²) in [5.41, 5.74) is 7.80. The molecular weight excluding hydrogens is 508 g/mol. The monoisotopic (exact) mass is 540 g/mol. The van der Waals surface area contributed by atoms with Gasteiger partial charge in [-0.3, -0.25) is 14.4 Å². The first-order chi connectivity index (χ1) is 18.6. The average molecular weight is 541 g/mol. The molecule has 3 aromatic rings. The molecule has 5 unspecified atom stereocenters. The number of carboxylic acid groups (broad SMARTS) is 1. The van der Waals surface area contributed by atoms with Crippen molar-refractivity contribution in [3.05, 3.63) is 72.3 Å². The molecular formula is C25H32N8O6. The van der Waals surface area contributed by atoms with E-state index in [-0.39, 0.29) is 19.3 Å². The highest BCUT2D eigenvalue weighted by atomic mass is 16.4. The maximum atomic E-state index is 13.2. The summed E-state index contributed by atoms with van der Waals surface area (Å²) in [6.07, 6.45) is 4.39. The normalized spacial score (nSPS) is 14.8. The van der Waals surface area contributed by atoms with Crippen LogP contribution >= 0.6 is 0 Å². The van der Waals surface area contributed by atoms with Crippen LogP contribution in [0.5, 0.6) is 0 Å². The van der Waals surface area contributed by atoms with Gasteiger partial charge in [0.1, 0.15) is 18.1 Å². The summed E-state index contributed by atoms with van der Waals surface area (Å²) in [6.45, 7) is 1.31. The molecule has 0 saturated heterocycles. The standard InChI is InChI=1S/C25H32N8O6/c1-14(34)21(33-22(35)18(26)7-15-5-3-2-4-6-15)24(37)31-19(8-16-10-27-12-29-16)23(36)32-20(25(38)39)9-17-11-28-13-30-17/h2-6,10-14,18-21,34H,7-9,26H2,1H3,(H,27,29)(H,28,30)(H,31,37)(H,32,36)(H,33,35)(H,38,39). The van der Waals surface area contributed by atoms with Crippen LogP contribution in [0.15, 0.2) is 55.4 Å². The number of hydrogen-bond donors (Lipinski definition) is 8. The molecule has 0 aliphatic carbocycles. The molecule has 2 heterocycles. The first-order valence-electron chi connectivity index (χ1n) is 12.2. The number of benzene rings is 1. The summed E-state index contributed by atoms with van der Waals surface area (Å²) >= 11 is 0. The second-order valence-corrected chi connectivity index (χ2v) is 9.05. The van der Waals surface area contributed by atoms with E-state index in [1.54, 1.807) is 24.3 Å². The quantitative estimate of drug-likeness (QED) is 0.118. The third-order valence-electron chi connectivity index (χ3n) is 5.90. The van der Waals surface area contributed by atoms with E-state index in [0.29, 0.717) is 11.4 Å². The van der Waals surface area contributed by atoms with Crippen molar-refractivity contribution in [1.82, 2.24) is 35.9 Å². The van der Waals surface area contributed by atoms with Gasteiger partial charge in [0.15, 0.2) is 0 Å². The second-order valence-electron chi connectivity index (χ2n) is 9.05. The molecule has 0 fully saturated rings. The highest BCUT2D eigenvalue weighted by Gasteiger charge is 2.33. The smallest absolute Gasteiger partial charge is 0.326 e. The van der Waals surface area contributed by atoms with Crippen LogP contribution in [0, 0.1) is 0 Å². The van der Waals surface area contributed by atoms with Gasteiger partial charge in [0.05, 0.1) is 24.8 Å². The lowest BCUT2D eigenvalue weighted by atomic mass is 10.0. The number of amides is 3. The number of aliphatic hydroxyl groups excluding tert-OH is 1.